The lowest BCUT2D eigenvalue weighted by Gasteiger charge is -2.15. The predicted octanol–water partition coefficient (Wildman–Crippen LogP) is 2.29. The molecule has 0 atom stereocenters. The van der Waals surface area contributed by atoms with E-state index in [9.17, 15) is 4.79 Å². The molecule has 130 valence electrons. The molecule has 2 aromatic heterocycles. The summed E-state index contributed by atoms with van der Waals surface area (Å²) in [6.07, 6.45) is 9.18. The maximum Gasteiger partial charge on any atom is 0.231 e. The first kappa shape index (κ1) is 16.7. The molecular formula is C17H25N5O2. The van der Waals surface area contributed by atoms with Crippen molar-refractivity contribution in [2.75, 3.05) is 7.11 Å². The third-order valence-electron chi connectivity index (χ3n) is 4.54. The van der Waals surface area contributed by atoms with E-state index in [2.05, 4.69) is 20.6 Å². The fourth-order valence-corrected chi connectivity index (χ4v) is 3.21. The molecule has 0 unspecified atom stereocenters. The molecule has 2 heterocycles. The van der Waals surface area contributed by atoms with Gasteiger partial charge in [-0.2, -0.15) is 4.52 Å². The van der Waals surface area contributed by atoms with Gasteiger partial charge in [-0.25, -0.2) is 0 Å². The molecule has 0 spiro atoms. The number of hydrogen-bond acceptors (Lipinski definition) is 5. The van der Waals surface area contributed by atoms with E-state index >= 15 is 0 Å². The molecule has 24 heavy (non-hydrogen) atoms. The van der Waals surface area contributed by atoms with Crippen LogP contribution in [0.25, 0.3) is 5.65 Å². The molecule has 1 amide bonds. The van der Waals surface area contributed by atoms with Crippen LogP contribution in [0.15, 0.2) is 12.1 Å². The highest BCUT2D eigenvalue weighted by Crippen LogP contribution is 2.17. The minimum Gasteiger partial charge on any atom is -0.480 e. The molecule has 0 aliphatic heterocycles. The van der Waals surface area contributed by atoms with E-state index in [0.29, 0.717) is 30.4 Å². The Hall–Kier alpha value is -2.18. The van der Waals surface area contributed by atoms with Crippen LogP contribution in [0.3, 0.4) is 0 Å². The number of fused-ring (bicyclic) bond motifs is 1. The summed E-state index contributed by atoms with van der Waals surface area (Å²) in [5.74, 6) is 1.42. The van der Waals surface area contributed by atoms with Gasteiger partial charge in [0.1, 0.15) is 0 Å². The van der Waals surface area contributed by atoms with Crippen LogP contribution in [-0.2, 0) is 11.2 Å². The van der Waals surface area contributed by atoms with Crippen molar-refractivity contribution in [3.8, 4) is 5.88 Å². The lowest BCUT2D eigenvalue weighted by molar-refractivity contribution is -0.122. The molecule has 7 heteroatoms. The second kappa shape index (κ2) is 8.08. The van der Waals surface area contributed by atoms with E-state index in [0.717, 1.165) is 25.1 Å². The summed E-state index contributed by atoms with van der Waals surface area (Å²) in [6.45, 7) is 0. The number of aryl methyl sites for hydroxylation is 1. The number of nitrogens with one attached hydrogen (secondary N) is 1. The molecular weight excluding hydrogens is 306 g/mol. The molecule has 1 N–H and O–H groups in total. The molecule has 7 nitrogen and oxygen atoms in total. The van der Waals surface area contributed by atoms with E-state index in [1.165, 1.54) is 25.7 Å². The van der Waals surface area contributed by atoms with Crippen LogP contribution < -0.4 is 10.1 Å². The first-order valence-corrected chi connectivity index (χ1v) is 8.81. The smallest absolute Gasteiger partial charge is 0.231 e. The molecule has 3 rings (SSSR count). The zero-order valence-electron chi connectivity index (χ0n) is 14.2. The summed E-state index contributed by atoms with van der Waals surface area (Å²) in [4.78, 5) is 12.1. The maximum atomic E-state index is 12.1. The van der Waals surface area contributed by atoms with Crippen LogP contribution in [0, 0.1) is 0 Å². The molecule has 0 saturated heterocycles. The van der Waals surface area contributed by atoms with E-state index in [1.54, 1.807) is 17.7 Å². The van der Waals surface area contributed by atoms with Gasteiger partial charge in [0, 0.05) is 24.9 Å². The Bertz CT molecular complexity index is 677. The third kappa shape index (κ3) is 4.21. The Morgan fingerprint density at radius 2 is 2.04 bits per heavy atom. The normalized spacial score (nSPS) is 16.0. The van der Waals surface area contributed by atoms with Gasteiger partial charge < -0.3 is 10.1 Å². The van der Waals surface area contributed by atoms with Gasteiger partial charge in [-0.3, -0.25) is 4.79 Å². The lowest BCUT2D eigenvalue weighted by atomic mass is 10.1. The fourth-order valence-electron chi connectivity index (χ4n) is 3.21. The monoisotopic (exact) mass is 331 g/mol. The van der Waals surface area contributed by atoms with Crippen LogP contribution in [0.5, 0.6) is 5.88 Å². The molecule has 0 bridgehead atoms. The average molecular weight is 331 g/mol. The Morgan fingerprint density at radius 1 is 1.25 bits per heavy atom. The van der Waals surface area contributed by atoms with Crippen molar-refractivity contribution in [2.45, 2.75) is 63.8 Å². The van der Waals surface area contributed by atoms with Crippen LogP contribution in [0.4, 0.5) is 0 Å². The van der Waals surface area contributed by atoms with Crippen molar-refractivity contribution in [3.63, 3.8) is 0 Å². The van der Waals surface area contributed by atoms with Gasteiger partial charge in [0.05, 0.1) is 7.11 Å². The summed E-state index contributed by atoms with van der Waals surface area (Å²) >= 11 is 0. The van der Waals surface area contributed by atoms with Crippen molar-refractivity contribution in [1.29, 1.82) is 0 Å². The van der Waals surface area contributed by atoms with Crippen molar-refractivity contribution in [2.24, 2.45) is 0 Å². The molecule has 1 fully saturated rings. The van der Waals surface area contributed by atoms with Gasteiger partial charge in [-0.05, 0) is 25.3 Å². The molecule has 0 aromatic carbocycles. The van der Waals surface area contributed by atoms with Crippen molar-refractivity contribution >= 4 is 11.6 Å². The quantitative estimate of drug-likeness (QED) is 0.821. The molecule has 1 saturated carbocycles. The first-order valence-electron chi connectivity index (χ1n) is 8.81. The fraction of sp³-hybridized carbons (Fsp3) is 0.647. The van der Waals surface area contributed by atoms with E-state index in [4.69, 9.17) is 4.74 Å². The predicted molar refractivity (Wildman–Crippen MR) is 89.9 cm³/mol. The Balaban J connectivity index is 1.49. The number of methoxy groups -OCH3 is 1. The van der Waals surface area contributed by atoms with Crippen LogP contribution in [-0.4, -0.2) is 38.9 Å². The zero-order chi connectivity index (χ0) is 16.8. The summed E-state index contributed by atoms with van der Waals surface area (Å²) < 4.78 is 6.82. The topological polar surface area (TPSA) is 81.4 Å². The van der Waals surface area contributed by atoms with Crippen molar-refractivity contribution < 1.29 is 9.53 Å². The van der Waals surface area contributed by atoms with Gasteiger partial charge in [0.25, 0.3) is 0 Å². The average Bonchev–Trinajstić information content (AvgIpc) is 2.81. The van der Waals surface area contributed by atoms with E-state index in [-0.39, 0.29) is 5.91 Å². The zero-order valence-corrected chi connectivity index (χ0v) is 14.2. The van der Waals surface area contributed by atoms with Crippen molar-refractivity contribution in [1.82, 2.24) is 25.1 Å². The molecule has 2 aromatic rings. The standard InChI is InChI=1S/C17H25N5O2/c1-24-17-12-11-15-20-19-14(22(15)21-17)9-6-10-16(23)18-13-7-4-2-3-5-8-13/h11-13H,2-10H2,1H3,(H,18,23). The number of carbonyl (C=O) groups excluding carboxylic acids is 1. The minimum atomic E-state index is 0.140. The molecule has 0 radical (unpaired) electrons. The first-order chi connectivity index (χ1) is 11.8. The van der Waals surface area contributed by atoms with Gasteiger partial charge in [-0.1, -0.05) is 25.7 Å². The number of amides is 1. The Labute approximate surface area is 141 Å². The van der Waals surface area contributed by atoms with Crippen molar-refractivity contribution in [3.05, 3.63) is 18.0 Å². The summed E-state index contributed by atoms with van der Waals surface area (Å²) in [7, 11) is 1.58. The maximum absolute atomic E-state index is 12.1. The number of hydrogen-bond donors (Lipinski definition) is 1. The summed E-state index contributed by atoms with van der Waals surface area (Å²) in [5.41, 5.74) is 0.689. The summed E-state index contributed by atoms with van der Waals surface area (Å²) in [6, 6.07) is 3.94. The summed E-state index contributed by atoms with van der Waals surface area (Å²) in [5, 5.41) is 15.8. The Kier molecular flexibility index (Phi) is 5.61. The number of aromatic nitrogens is 4. The minimum absolute atomic E-state index is 0.140. The van der Waals surface area contributed by atoms with Gasteiger partial charge in [0.15, 0.2) is 11.5 Å². The SMILES string of the molecule is COc1ccc2nnc(CCCC(=O)NC3CCCCCC3)n2n1. The van der Waals surface area contributed by atoms with Gasteiger partial charge in [0.2, 0.25) is 11.8 Å². The number of nitrogens with zero attached hydrogens (tertiary/aromatic N) is 4. The van der Waals surface area contributed by atoms with Crippen LogP contribution in [0.2, 0.25) is 0 Å². The Morgan fingerprint density at radius 3 is 2.79 bits per heavy atom. The number of ether oxygens (including phenoxy) is 1. The molecule has 1 aliphatic carbocycles. The van der Waals surface area contributed by atoms with E-state index in [1.807, 2.05) is 6.07 Å². The largest absolute Gasteiger partial charge is 0.480 e. The highest BCUT2D eigenvalue weighted by molar-refractivity contribution is 5.76. The lowest BCUT2D eigenvalue weighted by Crippen LogP contribution is -2.34. The van der Waals surface area contributed by atoms with Gasteiger partial charge in [-0.15, -0.1) is 15.3 Å². The van der Waals surface area contributed by atoms with Gasteiger partial charge >= 0.3 is 0 Å². The second-order valence-corrected chi connectivity index (χ2v) is 6.37. The van der Waals surface area contributed by atoms with E-state index < -0.39 is 0 Å². The second-order valence-electron chi connectivity index (χ2n) is 6.37. The third-order valence-corrected chi connectivity index (χ3v) is 4.54. The molecule has 1 aliphatic rings. The van der Waals surface area contributed by atoms with Crippen LogP contribution >= 0.6 is 0 Å². The number of rotatable bonds is 6. The van der Waals surface area contributed by atoms with Crippen LogP contribution in [0.1, 0.15) is 57.2 Å². The highest BCUT2D eigenvalue weighted by Gasteiger charge is 2.15. The number of carbonyl (C=O) groups is 1. The highest BCUT2D eigenvalue weighted by atomic mass is 16.5.